The van der Waals surface area contributed by atoms with E-state index in [1.807, 2.05) is 6.92 Å². The summed E-state index contributed by atoms with van der Waals surface area (Å²) in [4.78, 5) is 15.0. The molecule has 2 aromatic carbocycles. The van der Waals surface area contributed by atoms with Crippen molar-refractivity contribution < 1.29 is 22.1 Å². The highest BCUT2D eigenvalue weighted by Crippen LogP contribution is 2.26. The van der Waals surface area contributed by atoms with Gasteiger partial charge in [0, 0.05) is 17.1 Å². The number of aromatic nitrogens is 1. The van der Waals surface area contributed by atoms with E-state index in [0.29, 0.717) is 16.5 Å². The Morgan fingerprint density at radius 3 is 2.52 bits per heavy atom. The van der Waals surface area contributed by atoms with Gasteiger partial charge in [-0.25, -0.2) is 4.79 Å². The molecule has 0 radical (unpaired) electrons. The molecule has 6 nitrogen and oxygen atoms in total. The van der Waals surface area contributed by atoms with Crippen molar-refractivity contribution in [1.29, 1.82) is 0 Å². The number of hydrogen-bond acceptors (Lipinski definition) is 5. The van der Waals surface area contributed by atoms with E-state index in [1.54, 1.807) is 25.1 Å². The molecular formula is C18H17NO5S. The zero-order valence-corrected chi connectivity index (χ0v) is 14.6. The van der Waals surface area contributed by atoms with Crippen LogP contribution in [0.4, 0.5) is 0 Å². The summed E-state index contributed by atoms with van der Waals surface area (Å²) in [6.07, 6.45) is 1.53. The van der Waals surface area contributed by atoms with Gasteiger partial charge in [0.15, 0.2) is 0 Å². The van der Waals surface area contributed by atoms with Gasteiger partial charge >= 0.3 is 16.1 Å². The highest BCUT2D eigenvalue weighted by atomic mass is 32.2. The van der Waals surface area contributed by atoms with Crippen LogP contribution in [0.5, 0.6) is 5.75 Å². The maximum absolute atomic E-state index is 12.4. The molecule has 0 aliphatic heterocycles. The maximum atomic E-state index is 12.4. The molecule has 0 aliphatic rings. The minimum Gasteiger partial charge on any atom is -0.462 e. The second-order valence-electron chi connectivity index (χ2n) is 5.48. The summed E-state index contributed by atoms with van der Waals surface area (Å²) in [5.74, 6) is -0.356. The topological polar surface area (TPSA) is 85.5 Å². The second kappa shape index (κ2) is 6.60. The van der Waals surface area contributed by atoms with Gasteiger partial charge in [0.1, 0.15) is 10.6 Å². The first-order valence-electron chi connectivity index (χ1n) is 7.70. The zero-order valence-electron chi connectivity index (χ0n) is 13.8. The van der Waals surface area contributed by atoms with Gasteiger partial charge in [-0.2, -0.15) is 8.42 Å². The molecule has 0 fully saturated rings. The Hall–Kier alpha value is -2.80. The van der Waals surface area contributed by atoms with Crippen molar-refractivity contribution in [2.45, 2.75) is 18.7 Å². The Morgan fingerprint density at radius 2 is 1.84 bits per heavy atom. The van der Waals surface area contributed by atoms with E-state index in [2.05, 4.69) is 4.98 Å². The summed E-state index contributed by atoms with van der Waals surface area (Å²) in [5.41, 5.74) is 1.96. The van der Waals surface area contributed by atoms with E-state index in [9.17, 15) is 13.2 Å². The molecule has 0 amide bonds. The third-order valence-corrected chi connectivity index (χ3v) is 4.93. The highest BCUT2D eigenvalue weighted by Gasteiger charge is 2.18. The largest absolute Gasteiger partial charge is 0.462 e. The summed E-state index contributed by atoms with van der Waals surface area (Å²) in [7, 11) is -3.95. The summed E-state index contributed by atoms with van der Waals surface area (Å²) >= 11 is 0. The lowest BCUT2D eigenvalue weighted by molar-refractivity contribution is 0.0528. The molecule has 0 spiro atoms. The number of aromatic amines is 1. The number of esters is 1. The van der Waals surface area contributed by atoms with E-state index in [0.717, 1.165) is 5.56 Å². The molecular weight excluding hydrogens is 342 g/mol. The van der Waals surface area contributed by atoms with Crippen molar-refractivity contribution in [2.75, 3.05) is 6.61 Å². The predicted molar refractivity (Wildman–Crippen MR) is 93.2 cm³/mol. The summed E-state index contributed by atoms with van der Waals surface area (Å²) in [6.45, 7) is 3.84. The van der Waals surface area contributed by atoms with Crippen LogP contribution in [0.25, 0.3) is 10.9 Å². The van der Waals surface area contributed by atoms with Crippen molar-refractivity contribution in [3.8, 4) is 5.75 Å². The minimum atomic E-state index is -3.95. The first-order valence-corrected chi connectivity index (χ1v) is 9.11. The fourth-order valence-corrected chi connectivity index (χ4v) is 3.33. The van der Waals surface area contributed by atoms with Gasteiger partial charge in [0.2, 0.25) is 0 Å². The number of rotatable bonds is 5. The Balaban J connectivity index is 1.95. The standard InChI is InChI=1S/C18H17NO5S/c1-3-23-18(20)16-11-19-17-9-6-13(10-15(16)17)24-25(21,22)14-7-4-12(2)5-8-14/h4-11,19H,3H2,1-2H3. The molecule has 0 unspecified atom stereocenters. The van der Waals surface area contributed by atoms with Crippen molar-refractivity contribution in [3.05, 3.63) is 59.8 Å². The Kier molecular flexibility index (Phi) is 4.50. The van der Waals surface area contributed by atoms with Crippen LogP contribution in [-0.2, 0) is 14.9 Å². The fraction of sp³-hybridized carbons (Fsp3) is 0.167. The van der Waals surface area contributed by atoms with Crippen LogP contribution in [0.3, 0.4) is 0 Å². The van der Waals surface area contributed by atoms with Crippen LogP contribution >= 0.6 is 0 Å². The number of H-pyrrole nitrogens is 1. The van der Waals surface area contributed by atoms with Crippen molar-refractivity contribution in [3.63, 3.8) is 0 Å². The molecule has 130 valence electrons. The normalized spacial score (nSPS) is 11.4. The molecule has 1 heterocycles. The molecule has 0 atom stereocenters. The molecule has 0 saturated heterocycles. The Bertz CT molecular complexity index is 1020. The quantitative estimate of drug-likeness (QED) is 0.557. The van der Waals surface area contributed by atoms with E-state index in [1.165, 1.54) is 30.5 Å². The molecule has 25 heavy (non-hydrogen) atoms. The Morgan fingerprint density at radius 1 is 1.12 bits per heavy atom. The zero-order chi connectivity index (χ0) is 18.0. The van der Waals surface area contributed by atoms with Gasteiger partial charge in [-0.1, -0.05) is 17.7 Å². The third kappa shape index (κ3) is 3.51. The molecule has 0 bridgehead atoms. The molecule has 1 aromatic heterocycles. The fourth-order valence-electron chi connectivity index (χ4n) is 2.41. The lowest BCUT2D eigenvalue weighted by Crippen LogP contribution is -2.09. The first-order chi connectivity index (χ1) is 11.9. The van der Waals surface area contributed by atoms with Gasteiger partial charge in [-0.3, -0.25) is 0 Å². The van der Waals surface area contributed by atoms with Gasteiger partial charge in [0.05, 0.1) is 12.2 Å². The van der Waals surface area contributed by atoms with E-state index in [4.69, 9.17) is 8.92 Å². The number of ether oxygens (including phenoxy) is 1. The van der Waals surface area contributed by atoms with Gasteiger partial charge in [0.25, 0.3) is 0 Å². The van der Waals surface area contributed by atoms with Crippen LogP contribution in [0.15, 0.2) is 53.6 Å². The molecule has 3 rings (SSSR count). The van der Waals surface area contributed by atoms with E-state index in [-0.39, 0.29) is 17.3 Å². The van der Waals surface area contributed by atoms with E-state index < -0.39 is 16.1 Å². The molecule has 3 aromatic rings. The van der Waals surface area contributed by atoms with Crippen molar-refractivity contribution >= 4 is 27.0 Å². The van der Waals surface area contributed by atoms with Gasteiger partial charge in [-0.15, -0.1) is 0 Å². The summed E-state index contributed by atoms with van der Waals surface area (Å²) < 4.78 is 35.0. The van der Waals surface area contributed by atoms with E-state index >= 15 is 0 Å². The SMILES string of the molecule is CCOC(=O)c1c[nH]c2ccc(OS(=O)(=O)c3ccc(C)cc3)cc12. The number of aryl methyl sites for hydroxylation is 1. The van der Waals surface area contributed by atoms with Crippen LogP contribution in [-0.4, -0.2) is 26.0 Å². The maximum Gasteiger partial charge on any atom is 0.340 e. The number of hydrogen-bond donors (Lipinski definition) is 1. The number of carbonyl (C=O) groups is 1. The molecule has 0 aliphatic carbocycles. The molecule has 0 saturated carbocycles. The Labute approximate surface area is 145 Å². The van der Waals surface area contributed by atoms with Crippen LogP contribution in [0, 0.1) is 6.92 Å². The predicted octanol–water partition coefficient (Wildman–Crippen LogP) is 3.42. The number of fused-ring (bicyclic) bond motifs is 1. The third-order valence-electron chi connectivity index (χ3n) is 3.66. The van der Waals surface area contributed by atoms with Crippen LogP contribution < -0.4 is 4.18 Å². The van der Waals surface area contributed by atoms with Crippen LogP contribution in [0.2, 0.25) is 0 Å². The highest BCUT2D eigenvalue weighted by molar-refractivity contribution is 7.87. The summed E-state index contributed by atoms with van der Waals surface area (Å²) in [5, 5.41) is 0.537. The lowest BCUT2D eigenvalue weighted by atomic mass is 10.2. The van der Waals surface area contributed by atoms with Crippen molar-refractivity contribution in [1.82, 2.24) is 4.98 Å². The van der Waals surface area contributed by atoms with Crippen LogP contribution in [0.1, 0.15) is 22.8 Å². The summed E-state index contributed by atoms with van der Waals surface area (Å²) in [6, 6.07) is 11.1. The van der Waals surface area contributed by atoms with Crippen molar-refractivity contribution in [2.24, 2.45) is 0 Å². The average molecular weight is 359 g/mol. The minimum absolute atomic E-state index is 0.0675. The average Bonchev–Trinajstić information content (AvgIpc) is 2.98. The number of nitrogens with one attached hydrogen (secondary N) is 1. The number of benzene rings is 2. The second-order valence-corrected chi connectivity index (χ2v) is 7.03. The first kappa shape index (κ1) is 17.0. The molecule has 7 heteroatoms. The monoisotopic (exact) mass is 359 g/mol. The number of carbonyl (C=O) groups excluding carboxylic acids is 1. The van der Waals surface area contributed by atoms with Gasteiger partial charge in [-0.05, 0) is 44.2 Å². The smallest absolute Gasteiger partial charge is 0.340 e. The van der Waals surface area contributed by atoms with Gasteiger partial charge < -0.3 is 13.9 Å². The molecule has 1 N–H and O–H groups in total. The lowest BCUT2D eigenvalue weighted by Gasteiger charge is -2.08.